The van der Waals surface area contributed by atoms with Crippen LogP contribution in [0.4, 0.5) is 23.7 Å². The number of carbonyl (C=O) groups excluding carboxylic acids is 1. The van der Waals surface area contributed by atoms with Crippen molar-refractivity contribution in [2.24, 2.45) is 0 Å². The van der Waals surface area contributed by atoms with Gasteiger partial charge in [-0.25, -0.2) is 4.79 Å². The van der Waals surface area contributed by atoms with Crippen LogP contribution < -0.4 is 10.2 Å². The van der Waals surface area contributed by atoms with Gasteiger partial charge in [0.1, 0.15) is 6.61 Å². The summed E-state index contributed by atoms with van der Waals surface area (Å²) in [6.45, 7) is 1.21. The molecule has 108 valence electrons. The smallest absolute Gasteiger partial charge is 0.417 e. The van der Waals surface area contributed by atoms with E-state index in [0.29, 0.717) is 25.2 Å². The standard InChI is InChI=1S/C12H12F3N3O2/c13-12(14,15)8-3-9(5-16-4-8)18-2-1-11(6-18)7-20-10(19)17-11/h3-5H,1-2,6-7H2,(H,17,19). The molecule has 3 heterocycles. The van der Waals surface area contributed by atoms with Gasteiger partial charge in [-0.05, 0) is 12.5 Å². The Bertz CT molecular complexity index is 549. The zero-order valence-electron chi connectivity index (χ0n) is 10.4. The topological polar surface area (TPSA) is 54.5 Å². The molecule has 2 fully saturated rings. The molecule has 1 aromatic heterocycles. The Kier molecular flexibility index (Phi) is 2.77. The highest BCUT2D eigenvalue weighted by atomic mass is 19.4. The maximum atomic E-state index is 12.7. The van der Waals surface area contributed by atoms with E-state index in [4.69, 9.17) is 4.74 Å². The highest BCUT2D eigenvalue weighted by Crippen LogP contribution is 2.33. The minimum absolute atomic E-state index is 0.245. The zero-order valence-corrected chi connectivity index (χ0v) is 10.4. The highest BCUT2D eigenvalue weighted by Gasteiger charge is 2.45. The molecule has 2 saturated heterocycles. The van der Waals surface area contributed by atoms with Gasteiger partial charge in [-0.1, -0.05) is 0 Å². The maximum absolute atomic E-state index is 12.7. The number of alkyl carbamates (subject to hydrolysis) is 1. The van der Waals surface area contributed by atoms with Crippen LogP contribution in [0.15, 0.2) is 18.5 Å². The van der Waals surface area contributed by atoms with Crippen LogP contribution >= 0.6 is 0 Å². The Morgan fingerprint density at radius 3 is 2.85 bits per heavy atom. The van der Waals surface area contributed by atoms with E-state index in [2.05, 4.69) is 10.3 Å². The molecule has 0 saturated carbocycles. The number of aromatic nitrogens is 1. The quantitative estimate of drug-likeness (QED) is 0.855. The van der Waals surface area contributed by atoms with Crippen molar-refractivity contribution in [2.75, 3.05) is 24.6 Å². The summed E-state index contributed by atoms with van der Waals surface area (Å²) in [6.07, 6.45) is -2.06. The minimum atomic E-state index is -4.41. The number of hydrogen-bond acceptors (Lipinski definition) is 4. The normalized spacial score (nSPS) is 25.9. The molecular formula is C12H12F3N3O2. The first-order valence-electron chi connectivity index (χ1n) is 6.10. The summed E-state index contributed by atoms with van der Waals surface area (Å²) in [5.41, 5.74) is -0.869. The lowest BCUT2D eigenvalue weighted by Gasteiger charge is -2.23. The first-order chi connectivity index (χ1) is 9.38. The average Bonchev–Trinajstić information content (AvgIpc) is 2.96. The number of rotatable bonds is 1. The number of halogens is 3. The molecule has 2 aliphatic heterocycles. The first kappa shape index (κ1) is 13.0. The summed E-state index contributed by atoms with van der Waals surface area (Å²) in [6, 6.07) is 1.07. The Morgan fingerprint density at radius 2 is 2.20 bits per heavy atom. The molecule has 1 unspecified atom stereocenters. The van der Waals surface area contributed by atoms with Crippen LogP contribution in [0, 0.1) is 0 Å². The van der Waals surface area contributed by atoms with E-state index in [1.54, 1.807) is 4.90 Å². The Balaban J connectivity index is 1.80. The predicted molar refractivity (Wildman–Crippen MR) is 63.3 cm³/mol. The van der Waals surface area contributed by atoms with Gasteiger partial charge in [-0.15, -0.1) is 0 Å². The number of alkyl halides is 3. The second-order valence-electron chi connectivity index (χ2n) is 5.08. The number of cyclic esters (lactones) is 1. The SMILES string of the molecule is O=C1NC2(CCN(c3cncc(C(F)(F)F)c3)C2)CO1. The largest absolute Gasteiger partial charge is 0.447 e. The lowest BCUT2D eigenvalue weighted by molar-refractivity contribution is -0.137. The number of anilines is 1. The van der Waals surface area contributed by atoms with Crippen LogP contribution in [0.1, 0.15) is 12.0 Å². The van der Waals surface area contributed by atoms with Crippen LogP contribution in [0.25, 0.3) is 0 Å². The van der Waals surface area contributed by atoms with E-state index in [-0.39, 0.29) is 6.61 Å². The summed E-state index contributed by atoms with van der Waals surface area (Å²) >= 11 is 0. The van der Waals surface area contributed by atoms with Gasteiger partial charge in [0.05, 0.1) is 23.0 Å². The van der Waals surface area contributed by atoms with Crippen molar-refractivity contribution in [3.63, 3.8) is 0 Å². The van der Waals surface area contributed by atoms with Crippen molar-refractivity contribution in [1.82, 2.24) is 10.3 Å². The van der Waals surface area contributed by atoms with E-state index < -0.39 is 23.4 Å². The number of amides is 1. The highest BCUT2D eigenvalue weighted by molar-refractivity contribution is 5.71. The summed E-state index contributed by atoms with van der Waals surface area (Å²) in [5, 5.41) is 2.73. The Labute approximate surface area is 112 Å². The fourth-order valence-electron chi connectivity index (χ4n) is 2.56. The second kappa shape index (κ2) is 4.26. The molecule has 2 aliphatic rings. The predicted octanol–water partition coefficient (Wildman–Crippen LogP) is 1.79. The molecule has 1 atom stereocenters. The minimum Gasteiger partial charge on any atom is -0.447 e. The van der Waals surface area contributed by atoms with E-state index in [9.17, 15) is 18.0 Å². The number of pyridine rings is 1. The fraction of sp³-hybridized carbons (Fsp3) is 0.500. The van der Waals surface area contributed by atoms with Gasteiger partial charge in [0.25, 0.3) is 0 Å². The van der Waals surface area contributed by atoms with E-state index >= 15 is 0 Å². The van der Waals surface area contributed by atoms with Gasteiger partial charge in [0.2, 0.25) is 0 Å². The molecule has 8 heteroatoms. The lowest BCUT2D eigenvalue weighted by atomic mass is 10.0. The third-order valence-corrected chi connectivity index (χ3v) is 3.62. The first-order valence-corrected chi connectivity index (χ1v) is 6.10. The van der Waals surface area contributed by atoms with Gasteiger partial charge in [0, 0.05) is 19.3 Å². The number of nitrogens with one attached hydrogen (secondary N) is 1. The molecule has 0 radical (unpaired) electrons. The average molecular weight is 287 g/mol. The number of hydrogen-bond donors (Lipinski definition) is 1. The summed E-state index contributed by atoms with van der Waals surface area (Å²) in [4.78, 5) is 16.5. The second-order valence-corrected chi connectivity index (χ2v) is 5.08. The molecule has 1 amide bonds. The molecule has 1 aromatic rings. The number of nitrogens with zero attached hydrogens (tertiary/aromatic N) is 2. The van der Waals surface area contributed by atoms with Crippen LogP contribution in [0.3, 0.4) is 0 Å². The van der Waals surface area contributed by atoms with Crippen LogP contribution in [-0.2, 0) is 10.9 Å². The Hall–Kier alpha value is -1.99. The molecule has 0 aromatic carbocycles. The summed E-state index contributed by atoms with van der Waals surface area (Å²) in [5.74, 6) is 0. The molecule has 20 heavy (non-hydrogen) atoms. The van der Waals surface area contributed by atoms with Crippen molar-refractivity contribution in [1.29, 1.82) is 0 Å². The van der Waals surface area contributed by atoms with Gasteiger partial charge in [0.15, 0.2) is 0 Å². The zero-order chi connectivity index (χ0) is 14.4. The summed E-state index contributed by atoms with van der Waals surface area (Å²) in [7, 11) is 0. The van der Waals surface area contributed by atoms with E-state index in [1.165, 1.54) is 6.20 Å². The van der Waals surface area contributed by atoms with Gasteiger partial charge < -0.3 is 15.0 Å². The van der Waals surface area contributed by atoms with Gasteiger partial charge in [-0.2, -0.15) is 13.2 Å². The van der Waals surface area contributed by atoms with Gasteiger partial charge in [-0.3, -0.25) is 4.98 Å². The number of ether oxygens (including phenoxy) is 1. The monoisotopic (exact) mass is 287 g/mol. The fourth-order valence-corrected chi connectivity index (χ4v) is 2.56. The molecule has 0 aliphatic carbocycles. The lowest BCUT2D eigenvalue weighted by Crippen LogP contribution is -2.45. The van der Waals surface area contributed by atoms with E-state index in [0.717, 1.165) is 12.3 Å². The van der Waals surface area contributed by atoms with Crippen LogP contribution in [0.2, 0.25) is 0 Å². The third-order valence-electron chi connectivity index (χ3n) is 3.62. The van der Waals surface area contributed by atoms with Crippen LogP contribution in [-0.4, -0.2) is 36.3 Å². The molecule has 1 N–H and O–H groups in total. The van der Waals surface area contributed by atoms with Crippen molar-refractivity contribution in [3.8, 4) is 0 Å². The molecule has 3 rings (SSSR count). The third kappa shape index (κ3) is 2.25. The Morgan fingerprint density at radius 1 is 1.40 bits per heavy atom. The van der Waals surface area contributed by atoms with E-state index in [1.807, 2.05) is 0 Å². The maximum Gasteiger partial charge on any atom is 0.417 e. The van der Waals surface area contributed by atoms with Crippen molar-refractivity contribution >= 4 is 11.8 Å². The molecule has 0 bridgehead atoms. The number of carbonyl (C=O) groups is 1. The van der Waals surface area contributed by atoms with Crippen molar-refractivity contribution in [3.05, 3.63) is 24.0 Å². The summed E-state index contributed by atoms with van der Waals surface area (Å²) < 4.78 is 42.9. The van der Waals surface area contributed by atoms with Crippen molar-refractivity contribution in [2.45, 2.75) is 18.1 Å². The van der Waals surface area contributed by atoms with Crippen molar-refractivity contribution < 1.29 is 22.7 Å². The molecule has 5 nitrogen and oxygen atoms in total. The van der Waals surface area contributed by atoms with Crippen LogP contribution in [0.5, 0.6) is 0 Å². The molecule has 1 spiro atoms. The molecular weight excluding hydrogens is 275 g/mol. The van der Waals surface area contributed by atoms with Gasteiger partial charge >= 0.3 is 12.3 Å².